The van der Waals surface area contributed by atoms with Crippen LogP contribution in [0.4, 0.5) is 8.78 Å². The smallest absolute Gasteiger partial charge is 0.227 e. The van der Waals surface area contributed by atoms with Gasteiger partial charge >= 0.3 is 0 Å². The lowest BCUT2D eigenvalue weighted by Gasteiger charge is -2.32. The molecule has 1 aliphatic heterocycles. The highest BCUT2D eigenvalue weighted by Crippen LogP contribution is 2.18. The lowest BCUT2D eigenvalue weighted by atomic mass is 9.97. The Morgan fingerprint density at radius 2 is 2.25 bits per heavy atom. The number of likely N-dealkylation sites (tertiary alicyclic amines) is 1. The van der Waals surface area contributed by atoms with E-state index in [0.717, 1.165) is 32.0 Å². The normalized spacial score (nSPS) is 19.1. The standard InChI is InChI=1S/C15H20F2N2O/c1-18-9-11-3-2-6-19(10-11)15(20)7-12-4-5-13(16)8-14(12)17/h4-5,8,11,18H,2-3,6-7,9-10H2,1H3. The van der Waals surface area contributed by atoms with E-state index in [-0.39, 0.29) is 17.9 Å². The average molecular weight is 282 g/mol. The van der Waals surface area contributed by atoms with Crippen molar-refractivity contribution in [3.8, 4) is 0 Å². The Labute approximate surface area is 118 Å². The van der Waals surface area contributed by atoms with Crippen LogP contribution in [-0.4, -0.2) is 37.5 Å². The highest BCUT2D eigenvalue weighted by atomic mass is 19.1. The predicted molar refractivity (Wildman–Crippen MR) is 73.3 cm³/mol. The summed E-state index contributed by atoms with van der Waals surface area (Å²) in [6.45, 7) is 2.32. The van der Waals surface area contributed by atoms with Crippen LogP contribution >= 0.6 is 0 Å². The van der Waals surface area contributed by atoms with E-state index in [2.05, 4.69) is 5.32 Å². The second-order valence-electron chi connectivity index (χ2n) is 5.32. The zero-order valence-corrected chi connectivity index (χ0v) is 11.7. The van der Waals surface area contributed by atoms with Crippen LogP contribution in [0.25, 0.3) is 0 Å². The van der Waals surface area contributed by atoms with Crippen LogP contribution in [0, 0.1) is 17.6 Å². The molecule has 110 valence electrons. The first kappa shape index (κ1) is 14.9. The van der Waals surface area contributed by atoms with Crippen molar-refractivity contribution in [1.29, 1.82) is 0 Å². The van der Waals surface area contributed by atoms with E-state index in [1.165, 1.54) is 12.1 Å². The molecule has 0 radical (unpaired) electrons. The molecule has 1 heterocycles. The van der Waals surface area contributed by atoms with Crippen LogP contribution in [0.3, 0.4) is 0 Å². The Balaban J connectivity index is 1.97. The lowest BCUT2D eigenvalue weighted by molar-refractivity contribution is -0.132. The van der Waals surface area contributed by atoms with Gasteiger partial charge in [-0.1, -0.05) is 6.07 Å². The van der Waals surface area contributed by atoms with Crippen molar-refractivity contribution in [2.24, 2.45) is 5.92 Å². The molecule has 2 rings (SSSR count). The van der Waals surface area contributed by atoms with Crippen molar-refractivity contribution in [2.45, 2.75) is 19.3 Å². The molecule has 20 heavy (non-hydrogen) atoms. The maximum Gasteiger partial charge on any atom is 0.227 e. The SMILES string of the molecule is CNCC1CCCN(C(=O)Cc2ccc(F)cc2F)C1. The third-order valence-electron chi connectivity index (χ3n) is 3.72. The number of amides is 1. The zero-order valence-electron chi connectivity index (χ0n) is 11.7. The molecular weight excluding hydrogens is 262 g/mol. The number of carbonyl (C=O) groups excluding carboxylic acids is 1. The molecule has 5 heteroatoms. The monoisotopic (exact) mass is 282 g/mol. The van der Waals surface area contributed by atoms with Gasteiger partial charge in [-0.2, -0.15) is 0 Å². The summed E-state index contributed by atoms with van der Waals surface area (Å²) in [6.07, 6.45) is 2.08. The number of nitrogens with zero attached hydrogens (tertiary/aromatic N) is 1. The van der Waals surface area contributed by atoms with Crippen molar-refractivity contribution < 1.29 is 13.6 Å². The maximum absolute atomic E-state index is 13.6. The van der Waals surface area contributed by atoms with Gasteiger partial charge in [-0.05, 0) is 44.0 Å². The van der Waals surface area contributed by atoms with Gasteiger partial charge < -0.3 is 10.2 Å². The number of carbonyl (C=O) groups is 1. The topological polar surface area (TPSA) is 32.3 Å². The van der Waals surface area contributed by atoms with Crippen molar-refractivity contribution in [1.82, 2.24) is 10.2 Å². The first-order valence-corrected chi connectivity index (χ1v) is 6.96. The highest BCUT2D eigenvalue weighted by Gasteiger charge is 2.23. The Morgan fingerprint density at radius 1 is 1.45 bits per heavy atom. The number of halogens is 2. The van der Waals surface area contributed by atoms with Crippen LogP contribution in [0.1, 0.15) is 18.4 Å². The number of piperidine rings is 1. The molecule has 1 saturated heterocycles. The van der Waals surface area contributed by atoms with Gasteiger partial charge in [0.2, 0.25) is 5.91 Å². The Kier molecular flexibility index (Phi) is 5.06. The van der Waals surface area contributed by atoms with Crippen LogP contribution in [-0.2, 0) is 11.2 Å². The molecule has 1 atom stereocenters. The number of benzene rings is 1. The first-order valence-electron chi connectivity index (χ1n) is 6.96. The molecule has 0 spiro atoms. The fourth-order valence-corrected chi connectivity index (χ4v) is 2.69. The summed E-state index contributed by atoms with van der Waals surface area (Å²) in [7, 11) is 1.90. The summed E-state index contributed by atoms with van der Waals surface area (Å²) < 4.78 is 26.4. The van der Waals surface area contributed by atoms with Crippen molar-refractivity contribution >= 4 is 5.91 Å². The molecule has 1 aromatic carbocycles. The number of rotatable bonds is 4. The number of hydrogen-bond donors (Lipinski definition) is 1. The summed E-state index contributed by atoms with van der Waals surface area (Å²) in [5.74, 6) is -0.903. The largest absolute Gasteiger partial charge is 0.342 e. The maximum atomic E-state index is 13.6. The molecule has 0 saturated carbocycles. The molecule has 1 N–H and O–H groups in total. The summed E-state index contributed by atoms with van der Waals surface area (Å²) in [5, 5.41) is 3.12. The van der Waals surface area contributed by atoms with E-state index in [9.17, 15) is 13.6 Å². The zero-order chi connectivity index (χ0) is 14.5. The van der Waals surface area contributed by atoms with E-state index < -0.39 is 11.6 Å². The van der Waals surface area contributed by atoms with E-state index >= 15 is 0 Å². The summed E-state index contributed by atoms with van der Waals surface area (Å²) in [5.41, 5.74) is 0.257. The summed E-state index contributed by atoms with van der Waals surface area (Å²) >= 11 is 0. The molecule has 1 fully saturated rings. The van der Waals surface area contributed by atoms with Crippen LogP contribution in [0.5, 0.6) is 0 Å². The van der Waals surface area contributed by atoms with Gasteiger partial charge in [0.15, 0.2) is 0 Å². The average Bonchev–Trinajstić information content (AvgIpc) is 2.42. The summed E-state index contributed by atoms with van der Waals surface area (Å²) in [6, 6.07) is 3.35. The minimum atomic E-state index is -0.651. The molecule has 1 aromatic rings. The van der Waals surface area contributed by atoms with Crippen molar-refractivity contribution in [3.05, 3.63) is 35.4 Å². The van der Waals surface area contributed by atoms with E-state index in [1.54, 1.807) is 4.90 Å². The van der Waals surface area contributed by atoms with Gasteiger partial charge in [0.1, 0.15) is 11.6 Å². The van der Waals surface area contributed by atoms with Gasteiger partial charge in [0.25, 0.3) is 0 Å². The van der Waals surface area contributed by atoms with E-state index in [0.29, 0.717) is 12.5 Å². The van der Waals surface area contributed by atoms with Crippen molar-refractivity contribution in [2.75, 3.05) is 26.7 Å². The highest BCUT2D eigenvalue weighted by molar-refractivity contribution is 5.78. The fraction of sp³-hybridized carbons (Fsp3) is 0.533. The van der Waals surface area contributed by atoms with Gasteiger partial charge in [-0.15, -0.1) is 0 Å². The van der Waals surface area contributed by atoms with E-state index in [1.807, 2.05) is 7.05 Å². The van der Waals surface area contributed by atoms with Gasteiger partial charge in [-0.3, -0.25) is 4.79 Å². The first-order chi connectivity index (χ1) is 9.60. The van der Waals surface area contributed by atoms with Crippen LogP contribution in [0.15, 0.2) is 18.2 Å². The van der Waals surface area contributed by atoms with Gasteiger partial charge in [-0.25, -0.2) is 8.78 Å². The summed E-state index contributed by atoms with van der Waals surface area (Å²) in [4.78, 5) is 14.0. The van der Waals surface area contributed by atoms with Gasteiger partial charge in [0.05, 0.1) is 6.42 Å². The lowest BCUT2D eigenvalue weighted by Crippen LogP contribution is -2.43. The van der Waals surface area contributed by atoms with Crippen LogP contribution < -0.4 is 5.32 Å². The fourth-order valence-electron chi connectivity index (χ4n) is 2.69. The molecule has 0 bridgehead atoms. The minimum absolute atomic E-state index is 0.00160. The van der Waals surface area contributed by atoms with Gasteiger partial charge in [0, 0.05) is 19.2 Å². The molecular formula is C15H20F2N2O. The number of hydrogen-bond acceptors (Lipinski definition) is 2. The molecule has 0 aliphatic carbocycles. The Hall–Kier alpha value is -1.49. The molecule has 1 unspecified atom stereocenters. The Morgan fingerprint density at radius 3 is 2.95 bits per heavy atom. The van der Waals surface area contributed by atoms with Crippen molar-refractivity contribution in [3.63, 3.8) is 0 Å². The molecule has 3 nitrogen and oxygen atoms in total. The quantitative estimate of drug-likeness (QED) is 0.915. The molecule has 0 aromatic heterocycles. The minimum Gasteiger partial charge on any atom is -0.342 e. The molecule has 1 aliphatic rings. The van der Waals surface area contributed by atoms with Crippen LogP contribution in [0.2, 0.25) is 0 Å². The number of nitrogens with one attached hydrogen (secondary N) is 1. The second kappa shape index (κ2) is 6.79. The third-order valence-corrected chi connectivity index (χ3v) is 3.72. The second-order valence-corrected chi connectivity index (χ2v) is 5.32. The van der Waals surface area contributed by atoms with E-state index in [4.69, 9.17) is 0 Å². The molecule has 1 amide bonds. The predicted octanol–water partition coefficient (Wildman–Crippen LogP) is 1.97. The third kappa shape index (κ3) is 3.76. The Bertz CT molecular complexity index is 477.